The van der Waals surface area contributed by atoms with Gasteiger partial charge in [-0.05, 0) is 49.9 Å². The van der Waals surface area contributed by atoms with Crippen LogP contribution >= 0.6 is 12.4 Å². The van der Waals surface area contributed by atoms with Gasteiger partial charge in [0.15, 0.2) is 0 Å². The van der Waals surface area contributed by atoms with Crippen molar-refractivity contribution in [1.82, 2.24) is 5.32 Å². The van der Waals surface area contributed by atoms with Gasteiger partial charge in [0.2, 0.25) is 5.91 Å². The van der Waals surface area contributed by atoms with Gasteiger partial charge >= 0.3 is 0 Å². The summed E-state index contributed by atoms with van der Waals surface area (Å²) in [4.78, 5) is 11.9. The van der Waals surface area contributed by atoms with E-state index >= 15 is 0 Å². The second-order valence-electron chi connectivity index (χ2n) is 6.41. The molecule has 0 aromatic carbocycles. The summed E-state index contributed by atoms with van der Waals surface area (Å²) in [5, 5.41) is 3.12. The minimum absolute atomic E-state index is 0. The zero-order chi connectivity index (χ0) is 12.6. The van der Waals surface area contributed by atoms with Crippen LogP contribution in [0.15, 0.2) is 0 Å². The fourth-order valence-corrected chi connectivity index (χ4v) is 3.64. The number of halogens is 1. The number of hydrogen-bond acceptors (Lipinski definition) is 2. The van der Waals surface area contributed by atoms with Gasteiger partial charge in [-0.3, -0.25) is 4.79 Å². The molecule has 2 aliphatic carbocycles. The molecule has 0 aromatic heterocycles. The highest BCUT2D eigenvalue weighted by atomic mass is 35.5. The Hall–Kier alpha value is -0.280. The van der Waals surface area contributed by atoms with Crippen LogP contribution in [0.3, 0.4) is 0 Å². The first-order valence-electron chi connectivity index (χ1n) is 7.05. The Morgan fingerprint density at radius 1 is 1.22 bits per heavy atom. The quantitative estimate of drug-likeness (QED) is 0.827. The van der Waals surface area contributed by atoms with E-state index in [2.05, 4.69) is 12.2 Å². The normalized spacial score (nSPS) is 33.1. The topological polar surface area (TPSA) is 55.1 Å². The Kier molecular flexibility index (Phi) is 5.47. The highest BCUT2D eigenvalue weighted by molar-refractivity contribution is 5.85. The molecule has 0 spiro atoms. The van der Waals surface area contributed by atoms with Crippen molar-refractivity contribution in [2.24, 2.45) is 29.4 Å². The molecule has 106 valence electrons. The molecule has 2 fully saturated rings. The number of nitrogens with one attached hydrogen (secondary N) is 1. The van der Waals surface area contributed by atoms with Crippen LogP contribution in [0, 0.1) is 23.7 Å². The SMILES string of the molecule is CC(NC(=O)[C@H](N)C(C)C)C1CC2CCC1C2.Cl. The fraction of sp³-hybridized carbons (Fsp3) is 0.929. The van der Waals surface area contributed by atoms with Gasteiger partial charge in [-0.15, -0.1) is 12.4 Å². The number of carbonyl (C=O) groups is 1. The third kappa shape index (κ3) is 3.18. The third-order valence-electron chi connectivity index (χ3n) is 4.83. The van der Waals surface area contributed by atoms with E-state index in [4.69, 9.17) is 5.73 Å². The molecule has 3 N–H and O–H groups in total. The van der Waals surface area contributed by atoms with Gasteiger partial charge in [0.25, 0.3) is 0 Å². The van der Waals surface area contributed by atoms with E-state index in [1.807, 2.05) is 13.8 Å². The number of fused-ring (bicyclic) bond motifs is 2. The van der Waals surface area contributed by atoms with E-state index in [1.54, 1.807) is 0 Å². The van der Waals surface area contributed by atoms with E-state index < -0.39 is 0 Å². The summed E-state index contributed by atoms with van der Waals surface area (Å²) in [6.07, 6.45) is 5.48. The molecule has 3 nitrogen and oxygen atoms in total. The lowest BCUT2D eigenvalue weighted by Crippen LogP contribution is -2.49. The van der Waals surface area contributed by atoms with Gasteiger partial charge in [-0.1, -0.05) is 20.3 Å². The largest absolute Gasteiger partial charge is 0.352 e. The molecule has 0 aromatic rings. The number of carbonyl (C=O) groups excluding carboxylic acids is 1. The number of hydrogen-bond donors (Lipinski definition) is 2. The van der Waals surface area contributed by atoms with E-state index in [0.717, 1.165) is 11.8 Å². The van der Waals surface area contributed by atoms with Crippen LogP contribution in [0.25, 0.3) is 0 Å². The first-order chi connectivity index (χ1) is 7.99. The smallest absolute Gasteiger partial charge is 0.237 e. The monoisotopic (exact) mass is 274 g/mol. The average molecular weight is 275 g/mol. The highest BCUT2D eigenvalue weighted by Crippen LogP contribution is 2.49. The lowest BCUT2D eigenvalue weighted by Gasteiger charge is -2.29. The van der Waals surface area contributed by atoms with Crippen LogP contribution < -0.4 is 11.1 Å². The van der Waals surface area contributed by atoms with Gasteiger partial charge in [-0.25, -0.2) is 0 Å². The Labute approximate surface area is 117 Å². The molecule has 1 amide bonds. The molecule has 2 bridgehead atoms. The molecule has 2 saturated carbocycles. The fourth-order valence-electron chi connectivity index (χ4n) is 3.64. The van der Waals surface area contributed by atoms with Crippen LogP contribution in [0.5, 0.6) is 0 Å². The molecule has 2 rings (SSSR count). The molecule has 0 radical (unpaired) electrons. The molecule has 4 heteroatoms. The second kappa shape index (κ2) is 6.25. The Balaban J connectivity index is 0.00000162. The lowest BCUT2D eigenvalue weighted by molar-refractivity contribution is -0.124. The average Bonchev–Trinajstić information content (AvgIpc) is 2.89. The maximum atomic E-state index is 11.9. The van der Waals surface area contributed by atoms with Crippen molar-refractivity contribution in [2.45, 2.75) is 58.5 Å². The van der Waals surface area contributed by atoms with Crippen molar-refractivity contribution < 1.29 is 4.79 Å². The maximum Gasteiger partial charge on any atom is 0.237 e. The predicted molar refractivity (Wildman–Crippen MR) is 76.6 cm³/mol. The van der Waals surface area contributed by atoms with Crippen LogP contribution in [0.2, 0.25) is 0 Å². The molecular formula is C14H27ClN2O. The summed E-state index contributed by atoms with van der Waals surface area (Å²) in [6, 6.07) is -0.0707. The summed E-state index contributed by atoms with van der Waals surface area (Å²) in [5.41, 5.74) is 5.87. The van der Waals surface area contributed by atoms with Crippen molar-refractivity contribution in [3.63, 3.8) is 0 Å². The molecule has 5 atom stereocenters. The highest BCUT2D eigenvalue weighted by Gasteiger charge is 2.42. The van der Waals surface area contributed by atoms with E-state index in [1.165, 1.54) is 25.7 Å². The van der Waals surface area contributed by atoms with E-state index in [0.29, 0.717) is 12.0 Å². The van der Waals surface area contributed by atoms with Crippen molar-refractivity contribution >= 4 is 18.3 Å². The third-order valence-corrected chi connectivity index (χ3v) is 4.83. The van der Waals surface area contributed by atoms with Crippen molar-refractivity contribution in [1.29, 1.82) is 0 Å². The zero-order valence-corrected chi connectivity index (χ0v) is 12.5. The van der Waals surface area contributed by atoms with Crippen LogP contribution in [-0.2, 0) is 4.79 Å². The molecule has 2 aliphatic rings. The maximum absolute atomic E-state index is 11.9. The number of amides is 1. The van der Waals surface area contributed by atoms with Gasteiger partial charge in [0, 0.05) is 6.04 Å². The molecule has 18 heavy (non-hydrogen) atoms. The molecule has 0 heterocycles. The lowest BCUT2D eigenvalue weighted by atomic mass is 9.84. The van der Waals surface area contributed by atoms with Crippen LogP contribution in [0.1, 0.15) is 46.5 Å². The minimum Gasteiger partial charge on any atom is -0.352 e. The molecular weight excluding hydrogens is 248 g/mol. The Morgan fingerprint density at radius 2 is 1.89 bits per heavy atom. The summed E-state index contributed by atoms with van der Waals surface area (Å²) in [7, 11) is 0. The zero-order valence-electron chi connectivity index (χ0n) is 11.7. The van der Waals surface area contributed by atoms with Crippen molar-refractivity contribution in [3.05, 3.63) is 0 Å². The second-order valence-corrected chi connectivity index (χ2v) is 6.41. The van der Waals surface area contributed by atoms with Crippen LogP contribution in [0.4, 0.5) is 0 Å². The minimum atomic E-state index is -0.365. The standard InChI is InChI=1S/C14H26N2O.ClH/c1-8(2)13(15)14(17)16-9(3)12-7-10-4-5-11(12)6-10;/h8-13H,4-7,15H2,1-3H3,(H,16,17);1H/t9?,10?,11?,12?,13-;/m1./s1. The van der Waals surface area contributed by atoms with Crippen LogP contribution in [-0.4, -0.2) is 18.0 Å². The van der Waals surface area contributed by atoms with Crippen molar-refractivity contribution in [3.8, 4) is 0 Å². The summed E-state index contributed by atoms with van der Waals surface area (Å²) in [6.45, 7) is 6.13. The van der Waals surface area contributed by atoms with Gasteiger partial charge < -0.3 is 11.1 Å². The van der Waals surface area contributed by atoms with Gasteiger partial charge in [0.1, 0.15) is 0 Å². The number of nitrogens with two attached hydrogens (primary N) is 1. The molecule has 4 unspecified atom stereocenters. The van der Waals surface area contributed by atoms with E-state index in [9.17, 15) is 4.79 Å². The van der Waals surface area contributed by atoms with Gasteiger partial charge in [0.05, 0.1) is 6.04 Å². The number of rotatable bonds is 4. The van der Waals surface area contributed by atoms with E-state index in [-0.39, 0.29) is 30.3 Å². The predicted octanol–water partition coefficient (Wildman–Crippen LogP) is 2.33. The first-order valence-corrected chi connectivity index (χ1v) is 7.05. The van der Waals surface area contributed by atoms with Crippen molar-refractivity contribution in [2.75, 3.05) is 0 Å². The summed E-state index contributed by atoms with van der Waals surface area (Å²) >= 11 is 0. The summed E-state index contributed by atoms with van der Waals surface area (Å²) in [5.74, 6) is 2.71. The van der Waals surface area contributed by atoms with Gasteiger partial charge in [-0.2, -0.15) is 0 Å². The Bertz CT molecular complexity index is 296. The molecule has 0 saturated heterocycles. The first kappa shape index (κ1) is 15.8. The Morgan fingerprint density at radius 3 is 2.33 bits per heavy atom. The summed E-state index contributed by atoms with van der Waals surface area (Å²) < 4.78 is 0. The molecule has 0 aliphatic heterocycles.